The summed E-state index contributed by atoms with van der Waals surface area (Å²) in [6.07, 6.45) is 6.66. The zero-order valence-corrected chi connectivity index (χ0v) is 12.1. The molecule has 2 rings (SSSR count). The number of halogens is 1. The first-order valence-corrected chi connectivity index (χ1v) is 7.36. The van der Waals surface area contributed by atoms with Crippen molar-refractivity contribution >= 4 is 11.6 Å². The molecule has 0 spiro atoms. The summed E-state index contributed by atoms with van der Waals surface area (Å²) in [5.41, 5.74) is 1.36. The van der Waals surface area contributed by atoms with Crippen molar-refractivity contribution < 1.29 is 0 Å². The lowest BCUT2D eigenvalue weighted by Crippen LogP contribution is -2.20. The van der Waals surface area contributed by atoms with Crippen LogP contribution in [0.5, 0.6) is 0 Å². The minimum absolute atomic E-state index is 0.692. The van der Waals surface area contributed by atoms with E-state index in [1.54, 1.807) is 0 Å². The Morgan fingerprint density at radius 1 is 1.18 bits per heavy atom. The molecule has 0 N–H and O–H groups in total. The molecule has 1 atom stereocenters. The van der Waals surface area contributed by atoms with E-state index in [0.29, 0.717) is 5.92 Å². The molecule has 0 saturated heterocycles. The van der Waals surface area contributed by atoms with Crippen LogP contribution in [-0.4, -0.2) is 0 Å². The van der Waals surface area contributed by atoms with Gasteiger partial charge in [0.25, 0.3) is 0 Å². The summed E-state index contributed by atoms with van der Waals surface area (Å²) in [4.78, 5) is 0. The molecule has 1 unspecified atom stereocenters. The first kappa shape index (κ1) is 14.6. The van der Waals surface area contributed by atoms with E-state index in [4.69, 9.17) is 11.6 Å². The van der Waals surface area contributed by atoms with E-state index in [2.05, 4.69) is 32.9 Å². The van der Waals surface area contributed by atoms with Gasteiger partial charge in [-0.3, -0.25) is 0 Å². The van der Waals surface area contributed by atoms with Gasteiger partial charge in [0.15, 0.2) is 0 Å². The first-order chi connectivity index (χ1) is 8.24. The molecule has 1 aromatic rings. The van der Waals surface area contributed by atoms with Crippen LogP contribution in [0.25, 0.3) is 0 Å². The van der Waals surface area contributed by atoms with Crippen molar-refractivity contribution in [1.82, 2.24) is 0 Å². The van der Waals surface area contributed by atoms with E-state index in [1.807, 2.05) is 12.1 Å². The predicted molar refractivity (Wildman–Crippen MR) is 77.8 cm³/mol. The van der Waals surface area contributed by atoms with Crippen molar-refractivity contribution in [3.05, 3.63) is 34.9 Å². The fourth-order valence-corrected chi connectivity index (χ4v) is 2.70. The van der Waals surface area contributed by atoms with E-state index < -0.39 is 0 Å². The number of hydrogen-bond acceptors (Lipinski definition) is 0. The van der Waals surface area contributed by atoms with Gasteiger partial charge in [-0.05, 0) is 42.7 Å². The van der Waals surface area contributed by atoms with Gasteiger partial charge in [-0.2, -0.15) is 0 Å². The largest absolute Gasteiger partial charge is 0.0840 e. The maximum absolute atomic E-state index is 6.22. The fourth-order valence-electron chi connectivity index (χ4n) is 2.43. The smallest absolute Gasteiger partial charge is 0.0440 e. The average Bonchev–Trinajstić information content (AvgIpc) is 2.25. The monoisotopic (exact) mass is 252 g/mol. The van der Waals surface area contributed by atoms with Crippen molar-refractivity contribution in [3.63, 3.8) is 0 Å². The van der Waals surface area contributed by atoms with Crippen LogP contribution in [0.1, 0.15) is 64.4 Å². The summed E-state index contributed by atoms with van der Waals surface area (Å²) in [5, 5.41) is 0.950. The lowest BCUT2D eigenvalue weighted by molar-refractivity contribution is 0.256. The Morgan fingerprint density at radius 3 is 2.18 bits per heavy atom. The molecule has 0 aliphatic heterocycles. The van der Waals surface area contributed by atoms with Crippen LogP contribution in [-0.2, 0) is 0 Å². The molecule has 1 aromatic carbocycles. The predicted octanol–water partition coefficient (Wildman–Crippen LogP) is 6.05. The van der Waals surface area contributed by atoms with Crippen LogP contribution >= 0.6 is 11.6 Å². The Hall–Kier alpha value is -0.490. The van der Waals surface area contributed by atoms with Gasteiger partial charge in [-0.15, -0.1) is 0 Å². The van der Waals surface area contributed by atoms with Gasteiger partial charge in [-0.1, -0.05) is 63.4 Å². The van der Waals surface area contributed by atoms with Crippen molar-refractivity contribution in [2.75, 3.05) is 0 Å². The maximum atomic E-state index is 6.22. The van der Waals surface area contributed by atoms with Gasteiger partial charge in [0.2, 0.25) is 0 Å². The Bertz CT molecular complexity index is 315. The third-order valence-electron chi connectivity index (χ3n) is 3.46. The number of benzene rings is 1. The van der Waals surface area contributed by atoms with Crippen LogP contribution < -0.4 is 0 Å². The highest BCUT2D eigenvalue weighted by atomic mass is 35.5. The summed E-state index contributed by atoms with van der Waals surface area (Å²) < 4.78 is 0. The minimum Gasteiger partial charge on any atom is -0.0840 e. The fraction of sp³-hybridized carbons (Fsp3) is 0.625. The normalized spacial score (nSPS) is 16.7. The summed E-state index contributed by atoms with van der Waals surface area (Å²) in [6.45, 7) is 6.52. The van der Waals surface area contributed by atoms with Crippen LogP contribution in [0.2, 0.25) is 5.02 Å². The van der Waals surface area contributed by atoms with Gasteiger partial charge < -0.3 is 0 Å². The standard InChI is InChI=1S/C13H17Cl.C3H8/c1-2-11(10-6-5-7-10)12-8-3-4-9-13(12)14;1-3-2/h3-4,8-11H,2,5-7H2,1H3;3H2,1-2H3. The van der Waals surface area contributed by atoms with Crippen LogP contribution in [0.3, 0.4) is 0 Å². The molecule has 0 bridgehead atoms. The van der Waals surface area contributed by atoms with E-state index in [1.165, 1.54) is 37.7 Å². The summed E-state index contributed by atoms with van der Waals surface area (Å²) in [5.74, 6) is 1.58. The van der Waals surface area contributed by atoms with Crippen molar-refractivity contribution in [1.29, 1.82) is 0 Å². The molecular formula is C16H25Cl. The molecule has 1 fully saturated rings. The van der Waals surface area contributed by atoms with Crippen LogP contribution in [0.4, 0.5) is 0 Å². The van der Waals surface area contributed by atoms with E-state index in [9.17, 15) is 0 Å². The second-order valence-corrected chi connectivity index (χ2v) is 5.34. The molecule has 0 radical (unpaired) electrons. The van der Waals surface area contributed by atoms with Crippen molar-refractivity contribution in [2.45, 2.75) is 58.8 Å². The Morgan fingerprint density at radius 2 is 1.76 bits per heavy atom. The molecule has 96 valence electrons. The maximum Gasteiger partial charge on any atom is 0.0440 e. The second kappa shape index (κ2) is 7.76. The molecule has 1 aliphatic rings. The molecule has 1 heteroatoms. The number of hydrogen-bond donors (Lipinski definition) is 0. The zero-order valence-electron chi connectivity index (χ0n) is 11.4. The van der Waals surface area contributed by atoms with Gasteiger partial charge >= 0.3 is 0 Å². The third-order valence-corrected chi connectivity index (χ3v) is 3.81. The topological polar surface area (TPSA) is 0 Å². The van der Waals surface area contributed by atoms with Crippen LogP contribution in [0.15, 0.2) is 24.3 Å². The van der Waals surface area contributed by atoms with Crippen molar-refractivity contribution in [3.8, 4) is 0 Å². The highest BCUT2D eigenvalue weighted by Crippen LogP contribution is 2.42. The average molecular weight is 253 g/mol. The van der Waals surface area contributed by atoms with Gasteiger partial charge in [0.1, 0.15) is 0 Å². The summed E-state index contributed by atoms with van der Waals surface area (Å²) >= 11 is 6.22. The van der Waals surface area contributed by atoms with Crippen LogP contribution in [0, 0.1) is 5.92 Å². The zero-order chi connectivity index (χ0) is 12.7. The molecule has 17 heavy (non-hydrogen) atoms. The highest BCUT2D eigenvalue weighted by molar-refractivity contribution is 6.31. The number of rotatable bonds is 3. The highest BCUT2D eigenvalue weighted by Gasteiger charge is 2.27. The molecule has 0 nitrogen and oxygen atoms in total. The molecule has 0 amide bonds. The van der Waals surface area contributed by atoms with E-state index >= 15 is 0 Å². The quantitative estimate of drug-likeness (QED) is 0.614. The molecule has 0 heterocycles. The third kappa shape index (κ3) is 4.03. The molecular weight excluding hydrogens is 228 g/mol. The lowest BCUT2D eigenvalue weighted by Gasteiger charge is -2.34. The SMILES string of the molecule is CCC.CCC(c1ccccc1Cl)C1CCC1. The Balaban J connectivity index is 0.000000437. The lowest BCUT2D eigenvalue weighted by atomic mass is 9.72. The molecule has 0 aromatic heterocycles. The van der Waals surface area contributed by atoms with Gasteiger partial charge in [-0.25, -0.2) is 0 Å². The van der Waals surface area contributed by atoms with E-state index in [0.717, 1.165) is 10.9 Å². The van der Waals surface area contributed by atoms with Crippen molar-refractivity contribution in [2.24, 2.45) is 5.92 Å². The molecule has 1 saturated carbocycles. The minimum atomic E-state index is 0.692. The first-order valence-electron chi connectivity index (χ1n) is 6.98. The van der Waals surface area contributed by atoms with Gasteiger partial charge in [0, 0.05) is 5.02 Å². The van der Waals surface area contributed by atoms with Gasteiger partial charge in [0.05, 0.1) is 0 Å². The summed E-state index contributed by atoms with van der Waals surface area (Å²) in [7, 11) is 0. The summed E-state index contributed by atoms with van der Waals surface area (Å²) in [6, 6.07) is 8.31. The van der Waals surface area contributed by atoms with E-state index in [-0.39, 0.29) is 0 Å². The molecule has 1 aliphatic carbocycles. The Labute approximate surface area is 111 Å². The Kier molecular flexibility index (Phi) is 6.65. The second-order valence-electron chi connectivity index (χ2n) is 4.93.